The fraction of sp³-hybridized carbons (Fsp3) is 0.381. The normalized spacial score (nSPS) is 16.5. The molecule has 1 heterocycles. The third-order valence-corrected chi connectivity index (χ3v) is 6.65. The second-order valence-corrected chi connectivity index (χ2v) is 9.18. The number of ether oxygens (including phenoxy) is 1. The van der Waals surface area contributed by atoms with Gasteiger partial charge in [0.25, 0.3) is 5.91 Å². The Morgan fingerprint density at radius 2 is 1.79 bits per heavy atom. The van der Waals surface area contributed by atoms with E-state index in [1.807, 2.05) is 49.3 Å². The highest BCUT2D eigenvalue weighted by atomic mass is 32.2. The molecule has 0 radical (unpaired) electrons. The van der Waals surface area contributed by atoms with Gasteiger partial charge in [-0.25, -0.2) is 8.42 Å². The first kappa shape index (κ1) is 21.4. The zero-order valence-corrected chi connectivity index (χ0v) is 17.6. The largest absolute Gasteiger partial charge is 0.379 e. The van der Waals surface area contributed by atoms with Crippen LogP contribution < -0.4 is 5.32 Å². The molecule has 0 bridgehead atoms. The van der Waals surface area contributed by atoms with E-state index in [0.717, 1.165) is 5.56 Å². The van der Waals surface area contributed by atoms with Crippen LogP contribution in [0.25, 0.3) is 0 Å². The van der Waals surface area contributed by atoms with Gasteiger partial charge in [0.1, 0.15) is 0 Å². The van der Waals surface area contributed by atoms with Gasteiger partial charge in [-0.2, -0.15) is 4.31 Å². The summed E-state index contributed by atoms with van der Waals surface area (Å²) in [5.74, 6) is -0.306. The topological polar surface area (TPSA) is 79.0 Å². The summed E-state index contributed by atoms with van der Waals surface area (Å²) in [6.45, 7) is 2.02. The van der Waals surface area contributed by atoms with Crippen molar-refractivity contribution >= 4 is 15.9 Å². The number of sulfonamides is 1. The zero-order valence-electron chi connectivity index (χ0n) is 16.7. The minimum Gasteiger partial charge on any atom is -0.379 e. The number of carbonyl (C=O) groups is 1. The Labute approximate surface area is 172 Å². The van der Waals surface area contributed by atoms with E-state index in [0.29, 0.717) is 38.4 Å². The third kappa shape index (κ3) is 5.42. The van der Waals surface area contributed by atoms with Gasteiger partial charge in [0.05, 0.1) is 24.2 Å². The van der Waals surface area contributed by atoms with E-state index in [1.54, 1.807) is 12.1 Å². The highest BCUT2D eigenvalue weighted by Gasteiger charge is 2.27. The third-order valence-electron chi connectivity index (χ3n) is 4.76. The van der Waals surface area contributed by atoms with Gasteiger partial charge in [0.2, 0.25) is 10.0 Å². The molecule has 0 saturated carbocycles. The summed E-state index contributed by atoms with van der Waals surface area (Å²) in [6, 6.07) is 15.7. The van der Waals surface area contributed by atoms with Gasteiger partial charge < -0.3 is 15.0 Å². The molecule has 1 N–H and O–H groups in total. The average Bonchev–Trinajstić information content (AvgIpc) is 2.74. The molecule has 29 heavy (non-hydrogen) atoms. The standard InChI is InChI=1S/C21H27N3O4S/c1-23(2)16-20(17-7-4-3-5-8-17)22-21(25)18-9-6-10-19(15-18)29(26,27)24-11-13-28-14-12-24/h3-10,15,20H,11-14,16H2,1-2H3,(H,22,25)/t20-/m0/s1. The van der Waals surface area contributed by atoms with Gasteiger partial charge in [0, 0.05) is 25.2 Å². The Bertz CT molecular complexity index is 926. The lowest BCUT2D eigenvalue weighted by molar-refractivity contribution is 0.0730. The van der Waals surface area contributed by atoms with Crippen molar-refractivity contribution in [3.63, 3.8) is 0 Å². The number of rotatable bonds is 7. The Kier molecular flexibility index (Phi) is 7.02. The van der Waals surface area contributed by atoms with Crippen molar-refractivity contribution in [1.82, 2.24) is 14.5 Å². The molecule has 8 heteroatoms. The Morgan fingerprint density at radius 1 is 1.10 bits per heavy atom. The number of carbonyl (C=O) groups excluding carboxylic acids is 1. The number of hydrogen-bond acceptors (Lipinski definition) is 5. The minimum atomic E-state index is -3.65. The predicted molar refractivity (Wildman–Crippen MR) is 111 cm³/mol. The summed E-state index contributed by atoms with van der Waals surface area (Å²) in [6.07, 6.45) is 0. The van der Waals surface area contributed by atoms with Crippen LogP contribution in [0.5, 0.6) is 0 Å². The molecule has 0 spiro atoms. The van der Waals surface area contributed by atoms with Crippen LogP contribution in [0.1, 0.15) is 22.0 Å². The molecule has 2 aromatic rings. The zero-order chi connectivity index (χ0) is 20.9. The molecule has 3 rings (SSSR count). The highest BCUT2D eigenvalue weighted by Crippen LogP contribution is 2.20. The van der Waals surface area contributed by atoms with Crippen molar-refractivity contribution < 1.29 is 17.9 Å². The first-order valence-corrected chi connectivity index (χ1v) is 11.0. The lowest BCUT2D eigenvalue weighted by atomic mass is 10.1. The Hall–Kier alpha value is -2.26. The van der Waals surface area contributed by atoms with Crippen molar-refractivity contribution in [3.8, 4) is 0 Å². The quantitative estimate of drug-likeness (QED) is 0.742. The molecule has 0 unspecified atom stereocenters. The summed E-state index contributed by atoms with van der Waals surface area (Å²) in [5.41, 5.74) is 1.31. The van der Waals surface area contributed by atoms with Crippen LogP contribution in [0.2, 0.25) is 0 Å². The lowest BCUT2D eigenvalue weighted by Crippen LogP contribution is -2.40. The van der Waals surface area contributed by atoms with E-state index in [1.165, 1.54) is 16.4 Å². The summed E-state index contributed by atoms with van der Waals surface area (Å²) in [7, 11) is 0.232. The van der Waals surface area contributed by atoms with E-state index in [4.69, 9.17) is 4.74 Å². The number of hydrogen-bond donors (Lipinski definition) is 1. The molecule has 1 atom stereocenters. The molecule has 1 amide bonds. The van der Waals surface area contributed by atoms with Crippen LogP contribution in [0.4, 0.5) is 0 Å². The number of nitrogens with one attached hydrogen (secondary N) is 1. The minimum absolute atomic E-state index is 0.121. The second-order valence-electron chi connectivity index (χ2n) is 7.24. The molecule has 1 aliphatic heterocycles. The average molecular weight is 418 g/mol. The van der Waals surface area contributed by atoms with Crippen molar-refractivity contribution in [2.45, 2.75) is 10.9 Å². The lowest BCUT2D eigenvalue weighted by Gasteiger charge is -2.26. The Balaban J connectivity index is 1.81. The van der Waals surface area contributed by atoms with Gasteiger partial charge in [-0.1, -0.05) is 36.4 Å². The summed E-state index contributed by atoms with van der Waals surface area (Å²) >= 11 is 0. The summed E-state index contributed by atoms with van der Waals surface area (Å²) < 4.78 is 32.4. The Morgan fingerprint density at radius 3 is 2.45 bits per heavy atom. The van der Waals surface area contributed by atoms with Crippen LogP contribution in [0, 0.1) is 0 Å². The maximum absolute atomic E-state index is 12.9. The molecule has 2 aromatic carbocycles. The number of nitrogens with zero attached hydrogens (tertiary/aromatic N) is 2. The van der Waals surface area contributed by atoms with E-state index in [-0.39, 0.29) is 16.8 Å². The van der Waals surface area contributed by atoms with Gasteiger partial charge in [0.15, 0.2) is 0 Å². The maximum Gasteiger partial charge on any atom is 0.251 e. The molecule has 156 valence electrons. The van der Waals surface area contributed by atoms with E-state index >= 15 is 0 Å². The predicted octanol–water partition coefficient (Wildman–Crippen LogP) is 1.74. The summed E-state index contributed by atoms with van der Waals surface area (Å²) in [4.78, 5) is 15.0. The van der Waals surface area contributed by atoms with Crippen molar-refractivity contribution in [1.29, 1.82) is 0 Å². The van der Waals surface area contributed by atoms with Crippen LogP contribution in [0.15, 0.2) is 59.5 Å². The molecule has 1 fully saturated rings. The van der Waals surface area contributed by atoms with Gasteiger partial charge in [-0.15, -0.1) is 0 Å². The van der Waals surface area contributed by atoms with Crippen molar-refractivity contribution in [2.75, 3.05) is 46.9 Å². The molecular formula is C21H27N3O4S. The van der Waals surface area contributed by atoms with Crippen LogP contribution in [0.3, 0.4) is 0 Å². The number of likely N-dealkylation sites (N-methyl/N-ethyl adjacent to an activating group) is 1. The van der Waals surface area contributed by atoms with Gasteiger partial charge in [-0.3, -0.25) is 4.79 Å². The molecule has 7 nitrogen and oxygen atoms in total. The van der Waals surface area contributed by atoms with E-state index < -0.39 is 10.0 Å². The van der Waals surface area contributed by atoms with Crippen molar-refractivity contribution in [3.05, 3.63) is 65.7 Å². The number of amides is 1. The molecule has 1 saturated heterocycles. The van der Waals surface area contributed by atoms with Crippen molar-refractivity contribution in [2.24, 2.45) is 0 Å². The molecule has 1 aliphatic rings. The van der Waals surface area contributed by atoms with E-state index in [9.17, 15) is 13.2 Å². The fourth-order valence-corrected chi connectivity index (χ4v) is 4.71. The van der Waals surface area contributed by atoms with Crippen LogP contribution in [-0.4, -0.2) is 70.5 Å². The van der Waals surface area contributed by atoms with Crippen LogP contribution in [-0.2, 0) is 14.8 Å². The second kappa shape index (κ2) is 9.49. The monoisotopic (exact) mass is 417 g/mol. The first-order valence-electron chi connectivity index (χ1n) is 9.56. The molecular weight excluding hydrogens is 390 g/mol. The molecule has 0 aliphatic carbocycles. The maximum atomic E-state index is 12.9. The number of benzene rings is 2. The highest BCUT2D eigenvalue weighted by molar-refractivity contribution is 7.89. The smallest absolute Gasteiger partial charge is 0.251 e. The van der Waals surface area contributed by atoms with Gasteiger partial charge in [-0.05, 0) is 37.9 Å². The van der Waals surface area contributed by atoms with E-state index in [2.05, 4.69) is 5.32 Å². The van der Waals surface area contributed by atoms with Crippen LogP contribution >= 0.6 is 0 Å². The number of morpholine rings is 1. The summed E-state index contributed by atoms with van der Waals surface area (Å²) in [5, 5.41) is 3.03. The molecule has 0 aromatic heterocycles. The first-order chi connectivity index (χ1) is 13.9. The fourth-order valence-electron chi connectivity index (χ4n) is 3.26. The van der Waals surface area contributed by atoms with Gasteiger partial charge >= 0.3 is 0 Å². The SMILES string of the molecule is CN(C)C[C@H](NC(=O)c1cccc(S(=O)(=O)N2CCOCC2)c1)c1ccccc1.